The fraction of sp³-hybridized carbons (Fsp3) is 0.143. The number of pyridine rings is 1. The van der Waals surface area contributed by atoms with Crippen LogP contribution in [0.4, 0.5) is 0 Å². The van der Waals surface area contributed by atoms with E-state index in [0.29, 0.717) is 11.2 Å². The quantitative estimate of drug-likeness (QED) is 0.775. The Kier molecular flexibility index (Phi) is 3.68. The maximum absolute atomic E-state index is 12.1. The number of aromatic nitrogens is 3. The lowest BCUT2D eigenvalue weighted by molar-refractivity contribution is 0.570. The molecule has 0 fully saturated rings. The zero-order chi connectivity index (χ0) is 14.7. The topological polar surface area (TPSA) is 76.9 Å². The maximum atomic E-state index is 12.1. The molecule has 7 heteroatoms. The molecule has 0 atom stereocenters. The Morgan fingerprint density at radius 1 is 1.05 bits per heavy atom. The Morgan fingerprint density at radius 2 is 1.86 bits per heavy atom. The highest BCUT2D eigenvalue weighted by atomic mass is 32.2. The Balaban J connectivity index is 1.74. The SMILES string of the molecule is O=S(=O)(Cn1cnc2cccnc21)NCc1ccccc1. The second kappa shape index (κ2) is 5.63. The Morgan fingerprint density at radius 3 is 2.67 bits per heavy atom. The third-order valence-corrected chi connectivity index (χ3v) is 4.22. The third kappa shape index (κ3) is 3.26. The van der Waals surface area contributed by atoms with Crippen LogP contribution in [0.2, 0.25) is 0 Å². The molecule has 0 aliphatic carbocycles. The summed E-state index contributed by atoms with van der Waals surface area (Å²) in [7, 11) is -3.46. The van der Waals surface area contributed by atoms with Crippen molar-refractivity contribution < 1.29 is 8.42 Å². The first-order valence-electron chi connectivity index (χ1n) is 6.41. The van der Waals surface area contributed by atoms with Crippen molar-refractivity contribution in [3.8, 4) is 0 Å². The summed E-state index contributed by atoms with van der Waals surface area (Å²) in [5.41, 5.74) is 2.15. The van der Waals surface area contributed by atoms with E-state index in [1.807, 2.05) is 30.3 Å². The smallest absolute Gasteiger partial charge is 0.230 e. The average Bonchev–Trinajstić information content (AvgIpc) is 2.89. The molecule has 0 saturated carbocycles. The summed E-state index contributed by atoms with van der Waals surface area (Å²) in [6.45, 7) is 0.267. The van der Waals surface area contributed by atoms with Crippen molar-refractivity contribution >= 4 is 21.2 Å². The van der Waals surface area contributed by atoms with Crippen LogP contribution in [0, 0.1) is 0 Å². The molecule has 0 saturated heterocycles. The number of sulfonamides is 1. The summed E-state index contributed by atoms with van der Waals surface area (Å²) in [6, 6.07) is 12.9. The molecule has 3 aromatic rings. The van der Waals surface area contributed by atoms with Gasteiger partial charge in [0.05, 0.1) is 6.33 Å². The van der Waals surface area contributed by atoms with E-state index in [9.17, 15) is 8.42 Å². The van der Waals surface area contributed by atoms with Crippen LogP contribution in [0.5, 0.6) is 0 Å². The number of hydrogen-bond donors (Lipinski definition) is 1. The molecule has 0 unspecified atom stereocenters. The summed E-state index contributed by atoms with van der Waals surface area (Å²) in [5, 5.41) is 0. The molecule has 3 rings (SSSR count). The number of rotatable bonds is 5. The third-order valence-electron chi connectivity index (χ3n) is 3.02. The van der Waals surface area contributed by atoms with Crippen LogP contribution in [0.25, 0.3) is 11.2 Å². The van der Waals surface area contributed by atoms with Gasteiger partial charge in [-0.1, -0.05) is 30.3 Å². The Hall–Kier alpha value is -2.25. The molecular formula is C14H14N4O2S. The van der Waals surface area contributed by atoms with Gasteiger partial charge in [-0.15, -0.1) is 0 Å². The second-order valence-corrected chi connectivity index (χ2v) is 6.39. The van der Waals surface area contributed by atoms with Crippen LogP contribution in [-0.4, -0.2) is 23.0 Å². The predicted octanol–water partition coefficient (Wildman–Crippen LogP) is 1.51. The normalized spacial score (nSPS) is 11.8. The van der Waals surface area contributed by atoms with E-state index in [1.54, 1.807) is 18.3 Å². The molecule has 0 aliphatic rings. The highest BCUT2D eigenvalue weighted by Gasteiger charge is 2.13. The molecule has 1 aromatic carbocycles. The minimum atomic E-state index is -3.46. The molecule has 6 nitrogen and oxygen atoms in total. The fourth-order valence-electron chi connectivity index (χ4n) is 2.01. The van der Waals surface area contributed by atoms with E-state index in [2.05, 4.69) is 14.7 Å². The van der Waals surface area contributed by atoms with Gasteiger partial charge in [-0.05, 0) is 17.7 Å². The zero-order valence-electron chi connectivity index (χ0n) is 11.2. The van der Waals surface area contributed by atoms with E-state index >= 15 is 0 Å². The van der Waals surface area contributed by atoms with Gasteiger partial charge in [0.15, 0.2) is 5.65 Å². The first-order chi connectivity index (χ1) is 10.1. The number of nitrogens with zero attached hydrogens (tertiary/aromatic N) is 3. The average molecular weight is 302 g/mol. The number of imidazole rings is 1. The standard InChI is InChI=1S/C14H14N4O2S/c19-21(20,17-9-12-5-2-1-3-6-12)11-18-10-16-13-7-4-8-15-14(13)18/h1-8,10,17H,9,11H2. The lowest BCUT2D eigenvalue weighted by Crippen LogP contribution is -2.27. The van der Waals surface area contributed by atoms with Gasteiger partial charge in [-0.2, -0.15) is 0 Å². The van der Waals surface area contributed by atoms with Gasteiger partial charge < -0.3 is 0 Å². The highest BCUT2D eigenvalue weighted by molar-refractivity contribution is 7.88. The summed E-state index contributed by atoms with van der Waals surface area (Å²) in [4.78, 5) is 8.28. The summed E-state index contributed by atoms with van der Waals surface area (Å²) in [6.07, 6.45) is 3.10. The van der Waals surface area contributed by atoms with E-state index in [1.165, 1.54) is 10.9 Å². The summed E-state index contributed by atoms with van der Waals surface area (Å²) < 4.78 is 28.3. The molecule has 0 bridgehead atoms. The molecule has 108 valence electrons. The molecule has 0 aliphatic heterocycles. The Labute approximate surface area is 122 Å². The summed E-state index contributed by atoms with van der Waals surface area (Å²) >= 11 is 0. The van der Waals surface area contributed by atoms with Crippen molar-refractivity contribution in [1.29, 1.82) is 0 Å². The lowest BCUT2D eigenvalue weighted by Gasteiger charge is -2.08. The van der Waals surface area contributed by atoms with Gasteiger partial charge >= 0.3 is 0 Å². The molecule has 0 spiro atoms. The fourth-order valence-corrected chi connectivity index (χ4v) is 3.04. The molecular weight excluding hydrogens is 288 g/mol. The number of hydrogen-bond acceptors (Lipinski definition) is 4. The zero-order valence-corrected chi connectivity index (χ0v) is 12.0. The predicted molar refractivity (Wildman–Crippen MR) is 79.7 cm³/mol. The monoisotopic (exact) mass is 302 g/mol. The second-order valence-electron chi connectivity index (χ2n) is 4.61. The maximum Gasteiger partial charge on any atom is 0.230 e. The molecule has 21 heavy (non-hydrogen) atoms. The van der Waals surface area contributed by atoms with Crippen molar-refractivity contribution in [1.82, 2.24) is 19.3 Å². The van der Waals surface area contributed by atoms with Gasteiger partial charge in [-0.25, -0.2) is 23.1 Å². The minimum absolute atomic E-state index is 0.201. The van der Waals surface area contributed by atoms with Crippen LogP contribution in [0.3, 0.4) is 0 Å². The van der Waals surface area contributed by atoms with E-state index < -0.39 is 10.0 Å². The largest absolute Gasteiger partial charge is 0.299 e. The highest BCUT2D eigenvalue weighted by Crippen LogP contribution is 2.10. The molecule has 0 amide bonds. The van der Waals surface area contributed by atoms with Crippen LogP contribution >= 0.6 is 0 Å². The Bertz CT molecular complexity index is 844. The van der Waals surface area contributed by atoms with Gasteiger partial charge in [0, 0.05) is 12.7 Å². The molecule has 1 N–H and O–H groups in total. The molecule has 2 aromatic heterocycles. The van der Waals surface area contributed by atoms with Crippen molar-refractivity contribution in [3.05, 3.63) is 60.6 Å². The number of benzene rings is 1. The van der Waals surface area contributed by atoms with Gasteiger partial charge in [0.2, 0.25) is 10.0 Å². The van der Waals surface area contributed by atoms with Crippen molar-refractivity contribution in [2.45, 2.75) is 12.4 Å². The molecule has 2 heterocycles. The van der Waals surface area contributed by atoms with Crippen molar-refractivity contribution in [3.63, 3.8) is 0 Å². The summed E-state index contributed by atoms with van der Waals surface area (Å²) in [5.74, 6) is -0.201. The van der Waals surface area contributed by atoms with Crippen LogP contribution in [0.15, 0.2) is 55.0 Å². The lowest BCUT2D eigenvalue weighted by atomic mass is 10.2. The van der Waals surface area contributed by atoms with Crippen molar-refractivity contribution in [2.75, 3.05) is 0 Å². The van der Waals surface area contributed by atoms with E-state index in [-0.39, 0.29) is 12.4 Å². The van der Waals surface area contributed by atoms with Crippen LogP contribution in [-0.2, 0) is 22.4 Å². The van der Waals surface area contributed by atoms with Gasteiger partial charge in [0.25, 0.3) is 0 Å². The van der Waals surface area contributed by atoms with E-state index in [0.717, 1.165) is 5.56 Å². The van der Waals surface area contributed by atoms with Gasteiger partial charge in [-0.3, -0.25) is 4.57 Å². The minimum Gasteiger partial charge on any atom is -0.299 e. The van der Waals surface area contributed by atoms with Gasteiger partial charge in [0.1, 0.15) is 11.4 Å². The van der Waals surface area contributed by atoms with E-state index in [4.69, 9.17) is 0 Å². The number of fused-ring (bicyclic) bond motifs is 1. The van der Waals surface area contributed by atoms with Crippen molar-refractivity contribution in [2.24, 2.45) is 0 Å². The van der Waals surface area contributed by atoms with Crippen LogP contribution in [0.1, 0.15) is 5.56 Å². The number of nitrogens with one attached hydrogen (secondary N) is 1. The molecule has 0 radical (unpaired) electrons. The van der Waals surface area contributed by atoms with Crippen LogP contribution < -0.4 is 4.72 Å². The first-order valence-corrected chi connectivity index (χ1v) is 8.06. The first kappa shape index (κ1) is 13.7.